The van der Waals surface area contributed by atoms with Gasteiger partial charge < -0.3 is 19.5 Å². The third kappa shape index (κ3) is 6.25. The summed E-state index contributed by atoms with van der Waals surface area (Å²) in [6.07, 6.45) is -1.77. The number of rotatable bonds is 7. The van der Waals surface area contributed by atoms with Crippen LogP contribution in [0.4, 0.5) is 13.2 Å². The Morgan fingerprint density at radius 3 is 2.44 bits per heavy atom. The summed E-state index contributed by atoms with van der Waals surface area (Å²) >= 11 is 5.87. The molecule has 6 nitrogen and oxygen atoms in total. The first-order valence-electron chi connectivity index (χ1n) is 10.6. The summed E-state index contributed by atoms with van der Waals surface area (Å²) < 4.78 is 50.1. The predicted octanol–water partition coefficient (Wildman–Crippen LogP) is 6.30. The van der Waals surface area contributed by atoms with Gasteiger partial charge in [0.1, 0.15) is 23.0 Å². The first-order chi connectivity index (χ1) is 17.2. The number of hydrogen-bond donors (Lipinski definition) is 2. The van der Waals surface area contributed by atoms with Gasteiger partial charge in [0, 0.05) is 22.2 Å². The molecule has 0 aliphatic heterocycles. The second-order valence-corrected chi connectivity index (χ2v) is 8.00. The number of furan rings is 2. The Bertz CT molecular complexity index is 1390. The standard InChI is InChI=1S/C26H18ClF3N2O4/c27-19-8-6-16(7-9-19)24(33)32-22(25(34)31-15-21-5-2-12-35-21)14-20-10-11-23(36-20)17-3-1-4-18(13-17)26(28,29)30/h1-14H,15H2,(H,31,34)(H,32,33)/b22-14+. The lowest BCUT2D eigenvalue weighted by atomic mass is 10.1. The summed E-state index contributed by atoms with van der Waals surface area (Å²) in [7, 11) is 0. The first-order valence-corrected chi connectivity index (χ1v) is 10.9. The number of carbonyl (C=O) groups excluding carboxylic acids is 2. The third-order valence-electron chi connectivity index (χ3n) is 4.99. The second kappa shape index (κ2) is 10.6. The van der Waals surface area contributed by atoms with Crippen LogP contribution in [0.1, 0.15) is 27.4 Å². The number of nitrogens with one attached hydrogen (secondary N) is 2. The van der Waals surface area contributed by atoms with Gasteiger partial charge in [-0.3, -0.25) is 9.59 Å². The van der Waals surface area contributed by atoms with Crippen LogP contribution in [0, 0.1) is 0 Å². The van der Waals surface area contributed by atoms with Gasteiger partial charge in [-0.2, -0.15) is 13.2 Å². The van der Waals surface area contributed by atoms with Gasteiger partial charge in [-0.05, 0) is 60.7 Å². The fraction of sp³-hybridized carbons (Fsp3) is 0.0769. The molecule has 0 bridgehead atoms. The summed E-state index contributed by atoms with van der Waals surface area (Å²) in [5, 5.41) is 5.61. The first kappa shape index (κ1) is 24.9. The Morgan fingerprint density at radius 2 is 1.75 bits per heavy atom. The van der Waals surface area contributed by atoms with Gasteiger partial charge in [0.15, 0.2) is 0 Å². The van der Waals surface area contributed by atoms with E-state index in [1.807, 2.05) is 0 Å². The monoisotopic (exact) mass is 514 g/mol. The molecule has 2 aromatic heterocycles. The molecule has 36 heavy (non-hydrogen) atoms. The maximum absolute atomic E-state index is 13.1. The van der Waals surface area contributed by atoms with Crippen LogP contribution in [0.2, 0.25) is 5.02 Å². The average molecular weight is 515 g/mol. The molecule has 0 saturated carbocycles. The molecule has 2 heterocycles. The molecule has 0 aliphatic carbocycles. The van der Waals surface area contributed by atoms with Crippen LogP contribution in [-0.2, 0) is 17.5 Å². The zero-order chi connectivity index (χ0) is 25.7. The molecule has 4 aromatic rings. The van der Waals surface area contributed by atoms with Crippen molar-refractivity contribution in [3.63, 3.8) is 0 Å². The van der Waals surface area contributed by atoms with E-state index in [-0.39, 0.29) is 34.9 Å². The van der Waals surface area contributed by atoms with E-state index in [2.05, 4.69) is 10.6 Å². The molecule has 10 heteroatoms. The van der Waals surface area contributed by atoms with Crippen LogP contribution in [-0.4, -0.2) is 11.8 Å². The molecule has 2 aromatic carbocycles. The van der Waals surface area contributed by atoms with Crippen molar-refractivity contribution in [1.82, 2.24) is 10.6 Å². The molecule has 0 atom stereocenters. The van der Waals surface area contributed by atoms with Crippen LogP contribution in [0.25, 0.3) is 17.4 Å². The van der Waals surface area contributed by atoms with E-state index in [1.165, 1.54) is 60.9 Å². The molecular weight excluding hydrogens is 497 g/mol. The molecule has 0 saturated heterocycles. The van der Waals surface area contributed by atoms with Crippen LogP contribution in [0.3, 0.4) is 0 Å². The van der Waals surface area contributed by atoms with Crippen LogP contribution >= 0.6 is 11.6 Å². The molecule has 0 aliphatic rings. The van der Waals surface area contributed by atoms with Gasteiger partial charge in [-0.15, -0.1) is 0 Å². The molecule has 2 amide bonds. The van der Waals surface area contributed by atoms with Crippen molar-refractivity contribution in [2.24, 2.45) is 0 Å². The Labute approximate surface area is 208 Å². The van der Waals surface area contributed by atoms with E-state index in [4.69, 9.17) is 20.4 Å². The molecule has 4 rings (SSSR count). The fourth-order valence-electron chi connectivity index (χ4n) is 3.21. The predicted molar refractivity (Wildman–Crippen MR) is 127 cm³/mol. The number of alkyl halides is 3. The largest absolute Gasteiger partial charge is 0.467 e. The van der Waals surface area contributed by atoms with Gasteiger partial charge in [0.25, 0.3) is 11.8 Å². The molecule has 184 valence electrons. The normalized spacial score (nSPS) is 11.8. The smallest absolute Gasteiger partial charge is 0.416 e. The van der Waals surface area contributed by atoms with E-state index in [9.17, 15) is 22.8 Å². The highest BCUT2D eigenvalue weighted by atomic mass is 35.5. The highest BCUT2D eigenvalue weighted by Crippen LogP contribution is 2.32. The van der Waals surface area contributed by atoms with Crippen molar-refractivity contribution in [3.8, 4) is 11.3 Å². The topological polar surface area (TPSA) is 84.5 Å². The molecule has 2 N–H and O–H groups in total. The summed E-state index contributed by atoms with van der Waals surface area (Å²) in [5.74, 6) is -0.410. The van der Waals surface area contributed by atoms with Crippen molar-refractivity contribution in [2.75, 3.05) is 0 Å². The Hall–Kier alpha value is -4.24. The van der Waals surface area contributed by atoms with Crippen molar-refractivity contribution in [1.29, 1.82) is 0 Å². The lowest BCUT2D eigenvalue weighted by Gasteiger charge is -2.10. The Kier molecular flexibility index (Phi) is 7.30. The third-order valence-corrected chi connectivity index (χ3v) is 5.24. The van der Waals surface area contributed by atoms with Gasteiger partial charge >= 0.3 is 6.18 Å². The quantitative estimate of drug-likeness (QED) is 0.283. The second-order valence-electron chi connectivity index (χ2n) is 7.56. The molecule has 0 radical (unpaired) electrons. The summed E-state index contributed by atoms with van der Waals surface area (Å²) in [6, 6.07) is 17.0. The van der Waals surface area contributed by atoms with Crippen molar-refractivity contribution >= 4 is 29.5 Å². The van der Waals surface area contributed by atoms with E-state index < -0.39 is 23.6 Å². The van der Waals surface area contributed by atoms with E-state index >= 15 is 0 Å². The van der Waals surface area contributed by atoms with Crippen molar-refractivity contribution in [3.05, 3.63) is 112 Å². The summed E-state index contributed by atoms with van der Waals surface area (Å²) in [4.78, 5) is 25.6. The van der Waals surface area contributed by atoms with Gasteiger partial charge in [0.05, 0.1) is 18.4 Å². The maximum atomic E-state index is 13.1. The van der Waals surface area contributed by atoms with Crippen molar-refractivity contribution < 1.29 is 31.6 Å². The molecule has 0 spiro atoms. The maximum Gasteiger partial charge on any atom is 0.416 e. The highest BCUT2D eigenvalue weighted by Gasteiger charge is 2.30. The number of benzene rings is 2. The van der Waals surface area contributed by atoms with E-state index in [0.717, 1.165) is 12.1 Å². The Balaban J connectivity index is 1.60. The lowest BCUT2D eigenvalue weighted by Crippen LogP contribution is -2.34. The van der Waals surface area contributed by atoms with Crippen molar-refractivity contribution in [2.45, 2.75) is 12.7 Å². The van der Waals surface area contributed by atoms with Gasteiger partial charge in [-0.1, -0.05) is 23.7 Å². The van der Waals surface area contributed by atoms with E-state index in [1.54, 1.807) is 12.1 Å². The van der Waals surface area contributed by atoms with Gasteiger partial charge in [-0.25, -0.2) is 0 Å². The van der Waals surface area contributed by atoms with Gasteiger partial charge in [0.2, 0.25) is 0 Å². The van der Waals surface area contributed by atoms with Crippen LogP contribution in [0.5, 0.6) is 0 Å². The minimum Gasteiger partial charge on any atom is -0.467 e. The number of halogens is 4. The minimum atomic E-state index is -4.50. The number of hydrogen-bond acceptors (Lipinski definition) is 4. The average Bonchev–Trinajstić information content (AvgIpc) is 3.54. The zero-order valence-electron chi connectivity index (χ0n) is 18.4. The summed E-state index contributed by atoms with van der Waals surface area (Å²) in [6.45, 7) is 0.0631. The number of amides is 2. The fourth-order valence-corrected chi connectivity index (χ4v) is 3.33. The SMILES string of the molecule is O=C(NCc1ccco1)/C(=C\c1ccc(-c2cccc(C(F)(F)F)c2)o1)NC(=O)c1ccc(Cl)cc1. The minimum absolute atomic E-state index is 0.0631. The van der Waals surface area contributed by atoms with E-state index in [0.29, 0.717) is 10.8 Å². The van der Waals surface area contributed by atoms with Crippen LogP contribution < -0.4 is 10.6 Å². The molecule has 0 fully saturated rings. The Morgan fingerprint density at radius 1 is 0.972 bits per heavy atom. The number of carbonyl (C=O) groups is 2. The molecule has 0 unspecified atom stereocenters. The van der Waals surface area contributed by atoms with Crippen LogP contribution in [0.15, 0.2) is 93.6 Å². The lowest BCUT2D eigenvalue weighted by molar-refractivity contribution is -0.137. The summed E-state index contributed by atoms with van der Waals surface area (Å²) in [5.41, 5.74) is -0.500. The molecular formula is C26H18ClF3N2O4. The zero-order valence-corrected chi connectivity index (χ0v) is 19.2. The highest BCUT2D eigenvalue weighted by molar-refractivity contribution is 6.30.